The van der Waals surface area contributed by atoms with Crippen molar-refractivity contribution in [3.8, 4) is 0 Å². The summed E-state index contributed by atoms with van der Waals surface area (Å²) in [6.07, 6.45) is 2.67. The van der Waals surface area contributed by atoms with Crippen molar-refractivity contribution in [2.24, 2.45) is 4.99 Å². The maximum Gasteiger partial charge on any atom is 0.191 e. The molecule has 0 aromatic carbocycles. The molecule has 2 N–H and O–H groups in total. The number of rotatable bonds is 8. The van der Waals surface area contributed by atoms with E-state index in [1.807, 2.05) is 36.0 Å². The molecule has 0 atom stereocenters. The highest BCUT2D eigenvalue weighted by atomic mass is 16.5. The Morgan fingerprint density at radius 3 is 2.80 bits per heavy atom. The lowest BCUT2D eigenvalue weighted by Crippen LogP contribution is -2.38. The number of nitrogens with one attached hydrogen (secondary N) is 2. The molecule has 0 aliphatic carbocycles. The van der Waals surface area contributed by atoms with Crippen molar-refractivity contribution in [1.29, 1.82) is 0 Å². The number of guanidine groups is 1. The zero-order chi connectivity index (χ0) is 18.1. The number of methoxy groups -OCH3 is 1. The molecule has 7 heteroatoms. The van der Waals surface area contributed by atoms with Gasteiger partial charge >= 0.3 is 0 Å². The number of hydrogen-bond acceptors (Lipinski definition) is 4. The van der Waals surface area contributed by atoms with Gasteiger partial charge in [0.15, 0.2) is 5.96 Å². The average molecular weight is 344 g/mol. The minimum absolute atomic E-state index is 0.658. The minimum Gasteiger partial charge on any atom is -0.383 e. The third-order valence-electron chi connectivity index (χ3n) is 4.09. The van der Waals surface area contributed by atoms with E-state index in [4.69, 9.17) is 4.74 Å². The molecular weight excluding hydrogens is 316 g/mol. The first-order chi connectivity index (χ1) is 12.2. The van der Waals surface area contributed by atoms with Gasteiger partial charge in [0.2, 0.25) is 0 Å². The summed E-state index contributed by atoms with van der Waals surface area (Å²) >= 11 is 0. The predicted octanol–water partition coefficient (Wildman–Crippen LogP) is 1.45. The second-order valence-electron chi connectivity index (χ2n) is 5.79. The summed E-state index contributed by atoms with van der Waals surface area (Å²) in [5.74, 6) is 0.777. The van der Waals surface area contributed by atoms with Crippen molar-refractivity contribution >= 4 is 5.96 Å². The van der Waals surface area contributed by atoms with E-state index in [0.29, 0.717) is 13.2 Å². The zero-order valence-corrected chi connectivity index (χ0v) is 15.5. The van der Waals surface area contributed by atoms with Crippen LogP contribution in [0.1, 0.15) is 22.6 Å². The van der Waals surface area contributed by atoms with Gasteiger partial charge in [-0.3, -0.25) is 14.7 Å². The van der Waals surface area contributed by atoms with Crippen LogP contribution in [-0.2, 0) is 24.2 Å². The van der Waals surface area contributed by atoms with Gasteiger partial charge in [0.1, 0.15) is 0 Å². The summed E-state index contributed by atoms with van der Waals surface area (Å²) in [5, 5.41) is 11.3. The molecule has 7 nitrogen and oxygen atoms in total. The van der Waals surface area contributed by atoms with E-state index in [1.165, 1.54) is 5.56 Å². The van der Waals surface area contributed by atoms with Crippen LogP contribution in [0.15, 0.2) is 29.4 Å². The fourth-order valence-corrected chi connectivity index (χ4v) is 2.63. The second kappa shape index (κ2) is 9.78. The summed E-state index contributed by atoms with van der Waals surface area (Å²) in [4.78, 5) is 8.60. The first-order valence-electron chi connectivity index (χ1n) is 8.52. The van der Waals surface area contributed by atoms with Crippen LogP contribution in [-0.4, -0.2) is 48.0 Å². The first kappa shape index (κ1) is 18.9. The van der Waals surface area contributed by atoms with E-state index in [1.54, 1.807) is 14.2 Å². The van der Waals surface area contributed by atoms with Crippen molar-refractivity contribution in [3.05, 3.63) is 47.0 Å². The van der Waals surface area contributed by atoms with Gasteiger partial charge in [0.25, 0.3) is 0 Å². The number of hydrogen-bond donors (Lipinski definition) is 2. The molecule has 0 aliphatic heterocycles. The Bertz CT molecular complexity index is 680. The van der Waals surface area contributed by atoms with Crippen LogP contribution in [0.2, 0.25) is 0 Å². The van der Waals surface area contributed by atoms with E-state index in [2.05, 4.69) is 32.6 Å². The number of nitrogens with zero attached hydrogens (tertiary/aromatic N) is 4. The van der Waals surface area contributed by atoms with E-state index >= 15 is 0 Å². The summed E-state index contributed by atoms with van der Waals surface area (Å²) in [6.45, 7) is 7.01. The fourth-order valence-electron chi connectivity index (χ4n) is 2.63. The number of aryl methyl sites for hydroxylation is 1. The van der Waals surface area contributed by atoms with Gasteiger partial charge in [-0.15, -0.1) is 0 Å². The molecule has 2 aromatic heterocycles. The molecule has 2 aromatic rings. The normalized spacial score (nSPS) is 11.6. The molecule has 0 amide bonds. The molecule has 2 rings (SSSR count). The Kier molecular flexibility index (Phi) is 7.40. The molecule has 0 aliphatic rings. The van der Waals surface area contributed by atoms with Crippen LogP contribution < -0.4 is 10.6 Å². The van der Waals surface area contributed by atoms with Gasteiger partial charge in [-0.1, -0.05) is 6.07 Å². The molecule has 0 radical (unpaired) electrons. The highest BCUT2D eigenvalue weighted by molar-refractivity contribution is 5.79. The standard InChI is InChI=1S/C18H28N6O/c1-14-17(15(2)24(23-14)11-12-25-4)13-22-18(19-3)21-10-8-16-7-5-6-9-20-16/h5-7,9H,8,10-13H2,1-4H3,(H2,19,21,22). The Morgan fingerprint density at radius 1 is 1.28 bits per heavy atom. The quantitative estimate of drug-likeness (QED) is 0.560. The summed E-state index contributed by atoms with van der Waals surface area (Å²) in [5.41, 5.74) is 4.45. The van der Waals surface area contributed by atoms with Crippen molar-refractivity contribution in [3.63, 3.8) is 0 Å². The lowest BCUT2D eigenvalue weighted by atomic mass is 10.2. The van der Waals surface area contributed by atoms with Crippen LogP contribution in [0, 0.1) is 13.8 Å². The first-order valence-corrected chi connectivity index (χ1v) is 8.52. The number of pyridine rings is 1. The van der Waals surface area contributed by atoms with Crippen molar-refractivity contribution in [2.75, 3.05) is 27.3 Å². The monoisotopic (exact) mass is 344 g/mol. The fraction of sp³-hybridized carbons (Fsp3) is 0.500. The minimum atomic E-state index is 0.658. The third kappa shape index (κ3) is 5.56. The molecule has 0 bridgehead atoms. The van der Waals surface area contributed by atoms with Gasteiger partial charge in [-0.05, 0) is 26.0 Å². The van der Waals surface area contributed by atoms with Crippen LogP contribution >= 0.6 is 0 Å². The zero-order valence-electron chi connectivity index (χ0n) is 15.5. The summed E-state index contributed by atoms with van der Waals surface area (Å²) < 4.78 is 7.13. The Labute approximate surface area is 149 Å². The molecule has 0 fully saturated rings. The van der Waals surface area contributed by atoms with Gasteiger partial charge < -0.3 is 15.4 Å². The molecular formula is C18H28N6O. The summed E-state index contributed by atoms with van der Waals surface area (Å²) in [6, 6.07) is 5.95. The smallest absolute Gasteiger partial charge is 0.191 e. The van der Waals surface area contributed by atoms with Crippen LogP contribution in [0.5, 0.6) is 0 Å². The molecule has 0 unspecified atom stereocenters. The topological polar surface area (TPSA) is 76.4 Å². The van der Waals surface area contributed by atoms with Crippen LogP contribution in [0.25, 0.3) is 0 Å². The lowest BCUT2D eigenvalue weighted by molar-refractivity contribution is 0.182. The predicted molar refractivity (Wildman–Crippen MR) is 99.7 cm³/mol. The molecule has 0 spiro atoms. The largest absolute Gasteiger partial charge is 0.383 e. The van der Waals surface area contributed by atoms with Gasteiger partial charge in [-0.25, -0.2) is 0 Å². The highest BCUT2D eigenvalue weighted by Gasteiger charge is 2.11. The summed E-state index contributed by atoms with van der Waals surface area (Å²) in [7, 11) is 3.48. The molecule has 0 saturated heterocycles. The molecule has 136 valence electrons. The van der Waals surface area contributed by atoms with Crippen molar-refractivity contribution < 1.29 is 4.74 Å². The Hall–Kier alpha value is -2.41. The Morgan fingerprint density at radius 2 is 2.12 bits per heavy atom. The van der Waals surface area contributed by atoms with E-state index in [0.717, 1.165) is 42.6 Å². The highest BCUT2D eigenvalue weighted by Crippen LogP contribution is 2.12. The third-order valence-corrected chi connectivity index (χ3v) is 4.09. The number of aliphatic imine (C=N–C) groups is 1. The van der Waals surface area contributed by atoms with Crippen molar-refractivity contribution in [2.45, 2.75) is 33.4 Å². The molecule has 25 heavy (non-hydrogen) atoms. The SMILES string of the molecule is CN=C(NCCc1ccccn1)NCc1c(C)nn(CCOC)c1C. The lowest BCUT2D eigenvalue weighted by Gasteiger charge is -2.12. The van der Waals surface area contributed by atoms with Crippen LogP contribution in [0.3, 0.4) is 0 Å². The second-order valence-corrected chi connectivity index (χ2v) is 5.79. The average Bonchev–Trinajstić information content (AvgIpc) is 2.90. The van der Waals surface area contributed by atoms with E-state index < -0.39 is 0 Å². The van der Waals surface area contributed by atoms with Gasteiger partial charge in [0.05, 0.1) is 18.8 Å². The molecule has 2 heterocycles. The molecule has 0 saturated carbocycles. The van der Waals surface area contributed by atoms with Crippen molar-refractivity contribution in [1.82, 2.24) is 25.4 Å². The van der Waals surface area contributed by atoms with Gasteiger partial charge in [0, 0.05) is 56.8 Å². The van der Waals surface area contributed by atoms with Crippen LogP contribution in [0.4, 0.5) is 0 Å². The number of aromatic nitrogens is 3. The van der Waals surface area contributed by atoms with E-state index in [9.17, 15) is 0 Å². The maximum atomic E-state index is 5.14. The Balaban J connectivity index is 1.85. The van der Waals surface area contributed by atoms with Gasteiger partial charge in [-0.2, -0.15) is 5.10 Å². The van der Waals surface area contributed by atoms with E-state index in [-0.39, 0.29) is 0 Å². The number of ether oxygens (including phenoxy) is 1. The maximum absolute atomic E-state index is 5.14.